The highest BCUT2D eigenvalue weighted by molar-refractivity contribution is 6.22. The average molecular weight is 100 g/mol. The van der Waals surface area contributed by atoms with Crippen LogP contribution in [0.4, 0.5) is 0 Å². The number of amides is 1. The van der Waals surface area contributed by atoms with Crippen LogP contribution in [0.1, 0.15) is 6.92 Å². The van der Waals surface area contributed by atoms with Crippen molar-refractivity contribution < 1.29 is 4.79 Å². The van der Waals surface area contributed by atoms with Gasteiger partial charge in [-0.1, -0.05) is 6.92 Å². The van der Waals surface area contributed by atoms with Crippen molar-refractivity contribution in [3.8, 4) is 0 Å². The number of hydrogen-bond acceptors (Lipinski definition) is 1. The zero-order chi connectivity index (χ0) is 5.15. The first-order valence-corrected chi connectivity index (χ1v) is 2.22. The summed E-state index contributed by atoms with van der Waals surface area (Å²) >= 11 is 0. The summed E-state index contributed by atoms with van der Waals surface area (Å²) in [7, 11) is 3.01. The molecule has 0 aliphatic carbocycles. The van der Waals surface area contributed by atoms with E-state index in [1.165, 1.54) is 0 Å². The third-order valence-corrected chi connectivity index (χ3v) is 0.711. The summed E-state index contributed by atoms with van der Waals surface area (Å²) in [6.45, 7) is 1.68. The minimum atomic E-state index is -0.327. The molecule has 2 nitrogen and oxygen atoms in total. The fourth-order valence-electron chi connectivity index (χ4n) is 0. The Bertz CT molecular complexity index is 61.8. The predicted octanol–water partition coefficient (Wildman–Crippen LogP) is -0.551. The smallest absolute Gasteiger partial charge is 0.216 e. The third kappa shape index (κ3) is 1.96. The normalized spacial score (nSPS) is 13.7. The lowest BCUT2D eigenvalue weighted by molar-refractivity contribution is -0.117. The molecule has 6 heavy (non-hydrogen) atoms. The lowest BCUT2D eigenvalue weighted by atomic mass is 10.5. The highest BCUT2D eigenvalue weighted by atomic mass is 28.1. The molecule has 0 rings (SSSR count). The maximum absolute atomic E-state index is 9.87. The van der Waals surface area contributed by atoms with Gasteiger partial charge in [0.05, 0.1) is 0 Å². The topological polar surface area (TPSA) is 43.1 Å². The molecule has 0 saturated heterocycles. The van der Waals surface area contributed by atoms with Gasteiger partial charge in [0.15, 0.2) is 0 Å². The molecular formula is C3H6NOSi. The largest absolute Gasteiger partial charge is 0.370 e. The molecule has 3 radical (unpaired) electrons. The maximum Gasteiger partial charge on any atom is 0.216 e. The van der Waals surface area contributed by atoms with E-state index >= 15 is 0 Å². The Morgan fingerprint density at radius 1 is 2.00 bits per heavy atom. The predicted molar refractivity (Wildman–Crippen MR) is 24.4 cm³/mol. The van der Waals surface area contributed by atoms with Gasteiger partial charge in [-0.05, 0) is 0 Å². The second kappa shape index (κ2) is 1.97. The molecule has 3 heteroatoms. The van der Waals surface area contributed by atoms with Gasteiger partial charge in [-0.15, -0.1) is 0 Å². The van der Waals surface area contributed by atoms with Crippen molar-refractivity contribution in [1.82, 2.24) is 0 Å². The fourth-order valence-corrected chi connectivity index (χ4v) is 0. The van der Waals surface area contributed by atoms with Crippen molar-refractivity contribution >= 4 is 16.1 Å². The van der Waals surface area contributed by atoms with Gasteiger partial charge in [0.1, 0.15) is 0 Å². The summed E-state index contributed by atoms with van der Waals surface area (Å²) in [5.74, 6) is -0.327. The van der Waals surface area contributed by atoms with Crippen LogP contribution in [0.2, 0.25) is 5.54 Å². The Kier molecular flexibility index (Phi) is 1.87. The molecule has 0 saturated carbocycles. The van der Waals surface area contributed by atoms with Crippen LogP contribution in [0, 0.1) is 0 Å². The van der Waals surface area contributed by atoms with Crippen LogP contribution in [-0.2, 0) is 4.79 Å². The lowest BCUT2D eigenvalue weighted by Crippen LogP contribution is -2.15. The molecule has 0 fully saturated rings. The molecule has 33 valence electrons. The molecule has 0 aliphatic rings. The SMILES string of the molecule is CC([Si])C(N)=O. The zero-order valence-electron chi connectivity index (χ0n) is 3.56. The quantitative estimate of drug-likeness (QED) is 0.441. The molecule has 0 aliphatic heterocycles. The summed E-state index contributed by atoms with van der Waals surface area (Å²) in [5, 5.41) is 0. The molecule has 0 spiro atoms. The molecule has 0 aromatic carbocycles. The van der Waals surface area contributed by atoms with E-state index in [0.29, 0.717) is 0 Å². The Morgan fingerprint density at radius 3 is 2.17 bits per heavy atom. The minimum absolute atomic E-state index is 0.204. The molecule has 2 N–H and O–H groups in total. The molecule has 0 aromatic rings. The van der Waals surface area contributed by atoms with Crippen molar-refractivity contribution in [2.45, 2.75) is 12.5 Å². The Labute approximate surface area is 40.1 Å². The fraction of sp³-hybridized carbons (Fsp3) is 0.667. The van der Waals surface area contributed by atoms with Crippen molar-refractivity contribution in [3.63, 3.8) is 0 Å². The van der Waals surface area contributed by atoms with E-state index < -0.39 is 0 Å². The van der Waals surface area contributed by atoms with Gasteiger partial charge in [0, 0.05) is 15.8 Å². The first-order valence-electron chi connectivity index (χ1n) is 1.65. The summed E-state index contributed by atoms with van der Waals surface area (Å²) in [5.41, 5.74) is 4.54. The van der Waals surface area contributed by atoms with Gasteiger partial charge in [-0.3, -0.25) is 4.79 Å². The van der Waals surface area contributed by atoms with E-state index in [4.69, 9.17) is 5.73 Å². The van der Waals surface area contributed by atoms with Crippen LogP contribution in [0.5, 0.6) is 0 Å². The Balaban J connectivity index is 3.26. The summed E-state index contributed by atoms with van der Waals surface area (Å²) in [6, 6.07) is 0. The van der Waals surface area contributed by atoms with Crippen molar-refractivity contribution in [3.05, 3.63) is 0 Å². The second-order valence-corrected chi connectivity index (χ2v) is 1.99. The highest BCUT2D eigenvalue weighted by Crippen LogP contribution is 1.88. The van der Waals surface area contributed by atoms with Gasteiger partial charge in [0.25, 0.3) is 0 Å². The molecule has 0 heterocycles. The number of carbonyl (C=O) groups excluding carboxylic acids is 1. The van der Waals surface area contributed by atoms with Crippen LogP contribution in [0.25, 0.3) is 0 Å². The molecule has 1 atom stereocenters. The Hall–Kier alpha value is -0.313. The van der Waals surface area contributed by atoms with Crippen LogP contribution in [0.15, 0.2) is 0 Å². The monoisotopic (exact) mass is 100 g/mol. The summed E-state index contributed by atoms with van der Waals surface area (Å²) in [6.07, 6.45) is 0. The summed E-state index contributed by atoms with van der Waals surface area (Å²) < 4.78 is 0. The van der Waals surface area contributed by atoms with Gasteiger partial charge >= 0.3 is 0 Å². The molecule has 1 amide bonds. The van der Waals surface area contributed by atoms with E-state index in [9.17, 15) is 4.79 Å². The number of primary amides is 1. The van der Waals surface area contributed by atoms with Gasteiger partial charge < -0.3 is 5.73 Å². The first kappa shape index (κ1) is 5.69. The van der Waals surface area contributed by atoms with Gasteiger partial charge in [-0.2, -0.15) is 0 Å². The zero-order valence-corrected chi connectivity index (χ0v) is 4.56. The van der Waals surface area contributed by atoms with Crippen LogP contribution in [0.3, 0.4) is 0 Å². The van der Waals surface area contributed by atoms with Crippen LogP contribution in [-0.4, -0.2) is 16.1 Å². The average Bonchev–Trinajstić information content (AvgIpc) is 1.36. The van der Waals surface area contributed by atoms with Crippen molar-refractivity contribution in [2.75, 3.05) is 0 Å². The minimum Gasteiger partial charge on any atom is -0.370 e. The van der Waals surface area contributed by atoms with E-state index in [1.807, 2.05) is 0 Å². The number of carbonyl (C=O) groups is 1. The lowest BCUT2D eigenvalue weighted by Gasteiger charge is -1.90. The molecule has 0 aromatic heterocycles. The van der Waals surface area contributed by atoms with E-state index in [2.05, 4.69) is 10.2 Å². The maximum atomic E-state index is 9.87. The van der Waals surface area contributed by atoms with Crippen molar-refractivity contribution in [2.24, 2.45) is 5.73 Å². The van der Waals surface area contributed by atoms with E-state index in [1.54, 1.807) is 6.92 Å². The highest BCUT2D eigenvalue weighted by Gasteiger charge is 1.96. The van der Waals surface area contributed by atoms with E-state index in [-0.39, 0.29) is 11.4 Å². The van der Waals surface area contributed by atoms with Crippen LogP contribution < -0.4 is 5.73 Å². The first-order chi connectivity index (χ1) is 2.64. The van der Waals surface area contributed by atoms with Crippen molar-refractivity contribution in [1.29, 1.82) is 0 Å². The number of rotatable bonds is 1. The molecule has 1 unspecified atom stereocenters. The summed E-state index contributed by atoms with van der Waals surface area (Å²) in [4.78, 5) is 9.87. The molecule has 0 bridgehead atoms. The van der Waals surface area contributed by atoms with Crippen LogP contribution >= 0.6 is 0 Å². The standard InChI is InChI=1S/C3H6NOSi/c1-2(6)3(4)5/h2H,1H3,(H2,4,5). The van der Waals surface area contributed by atoms with E-state index in [0.717, 1.165) is 0 Å². The van der Waals surface area contributed by atoms with Gasteiger partial charge in [-0.25, -0.2) is 0 Å². The van der Waals surface area contributed by atoms with Gasteiger partial charge in [0.2, 0.25) is 5.91 Å². The number of nitrogens with two attached hydrogens (primary N) is 1. The number of hydrogen-bond donors (Lipinski definition) is 1. The second-order valence-electron chi connectivity index (χ2n) is 1.12. The Morgan fingerprint density at radius 2 is 2.17 bits per heavy atom. The molecular weight excluding hydrogens is 94.1 g/mol. The third-order valence-electron chi connectivity index (χ3n) is 0.427.